The number of ether oxygens (including phenoxy) is 1. The fourth-order valence-corrected chi connectivity index (χ4v) is 1.73. The molecule has 0 aliphatic rings. The van der Waals surface area contributed by atoms with Gasteiger partial charge in [-0.05, 0) is 12.8 Å². The number of rotatable bonds is 5. The number of methoxy groups -OCH3 is 1. The quantitative estimate of drug-likeness (QED) is 0.516. The summed E-state index contributed by atoms with van der Waals surface area (Å²) in [5.41, 5.74) is 1.39. The zero-order valence-electron chi connectivity index (χ0n) is 9.36. The van der Waals surface area contributed by atoms with Gasteiger partial charge in [-0.25, -0.2) is 4.57 Å². The van der Waals surface area contributed by atoms with Crippen molar-refractivity contribution in [1.29, 1.82) is 0 Å². The molecule has 0 radical (unpaired) electrons. The van der Waals surface area contributed by atoms with E-state index >= 15 is 0 Å². The van der Waals surface area contributed by atoms with Crippen LogP contribution < -0.4 is 4.57 Å². The van der Waals surface area contributed by atoms with Crippen molar-refractivity contribution in [2.45, 2.75) is 25.7 Å². The smallest absolute Gasteiger partial charge is 0.183 e. The van der Waals surface area contributed by atoms with Gasteiger partial charge in [-0.15, -0.1) is 0 Å². The molecule has 0 aromatic carbocycles. The topological polar surface area (TPSA) is 13.1 Å². The highest BCUT2D eigenvalue weighted by atomic mass is 16.5. The predicted octanol–water partition coefficient (Wildman–Crippen LogP) is 2.04. The third-order valence-corrected chi connectivity index (χ3v) is 2.59. The maximum atomic E-state index is 5.05. The van der Waals surface area contributed by atoms with Gasteiger partial charge in [0.25, 0.3) is 0 Å². The molecular formula is C12H20NO+. The molecule has 14 heavy (non-hydrogen) atoms. The Balaban J connectivity index is 2.51. The molecule has 0 fully saturated rings. The van der Waals surface area contributed by atoms with Gasteiger partial charge in [-0.2, -0.15) is 0 Å². The van der Waals surface area contributed by atoms with E-state index in [4.69, 9.17) is 4.74 Å². The molecule has 0 spiro atoms. The first-order valence-corrected chi connectivity index (χ1v) is 5.19. The van der Waals surface area contributed by atoms with Gasteiger partial charge in [0.2, 0.25) is 0 Å². The summed E-state index contributed by atoms with van der Waals surface area (Å²) in [6, 6.07) is 6.35. The third kappa shape index (κ3) is 3.11. The van der Waals surface area contributed by atoms with Crippen molar-refractivity contribution in [2.24, 2.45) is 7.05 Å². The van der Waals surface area contributed by atoms with E-state index in [9.17, 15) is 0 Å². The van der Waals surface area contributed by atoms with Gasteiger partial charge in [0.15, 0.2) is 11.9 Å². The lowest BCUT2D eigenvalue weighted by Crippen LogP contribution is -2.33. The molecule has 0 bridgehead atoms. The van der Waals surface area contributed by atoms with Crippen molar-refractivity contribution >= 4 is 0 Å². The Morgan fingerprint density at radius 3 is 2.86 bits per heavy atom. The number of aryl methyl sites for hydroxylation is 1. The monoisotopic (exact) mass is 194 g/mol. The Morgan fingerprint density at radius 2 is 2.21 bits per heavy atom. The van der Waals surface area contributed by atoms with Crippen LogP contribution in [-0.4, -0.2) is 13.7 Å². The van der Waals surface area contributed by atoms with Crippen LogP contribution in [0, 0.1) is 0 Å². The molecule has 0 saturated heterocycles. The summed E-state index contributed by atoms with van der Waals surface area (Å²) in [5, 5.41) is 0. The van der Waals surface area contributed by atoms with Gasteiger partial charge in [0.1, 0.15) is 7.05 Å². The van der Waals surface area contributed by atoms with E-state index < -0.39 is 0 Å². The summed E-state index contributed by atoms with van der Waals surface area (Å²) >= 11 is 0. The lowest BCUT2D eigenvalue weighted by atomic mass is 10.0. The van der Waals surface area contributed by atoms with Crippen LogP contribution in [0.5, 0.6) is 0 Å². The largest absolute Gasteiger partial charge is 0.385 e. The molecule has 1 unspecified atom stereocenters. The second-order valence-corrected chi connectivity index (χ2v) is 3.77. The zero-order chi connectivity index (χ0) is 10.4. The van der Waals surface area contributed by atoms with Crippen molar-refractivity contribution in [3.05, 3.63) is 30.1 Å². The van der Waals surface area contributed by atoms with Crippen molar-refractivity contribution in [3.8, 4) is 0 Å². The molecule has 1 rings (SSSR count). The van der Waals surface area contributed by atoms with Crippen molar-refractivity contribution in [1.82, 2.24) is 0 Å². The van der Waals surface area contributed by atoms with Gasteiger partial charge >= 0.3 is 0 Å². The van der Waals surface area contributed by atoms with Crippen LogP contribution >= 0.6 is 0 Å². The Bertz CT molecular complexity index is 273. The predicted molar refractivity (Wildman–Crippen MR) is 57.1 cm³/mol. The first kappa shape index (κ1) is 11.2. The Morgan fingerprint density at radius 1 is 1.43 bits per heavy atom. The summed E-state index contributed by atoms with van der Waals surface area (Å²) in [6.07, 6.45) is 4.42. The van der Waals surface area contributed by atoms with Gasteiger partial charge in [0.05, 0.1) is 0 Å². The van der Waals surface area contributed by atoms with Crippen LogP contribution in [-0.2, 0) is 11.8 Å². The second kappa shape index (κ2) is 5.76. The van der Waals surface area contributed by atoms with E-state index in [1.54, 1.807) is 7.11 Å². The molecule has 0 N–H and O–H groups in total. The van der Waals surface area contributed by atoms with E-state index in [2.05, 4.69) is 42.9 Å². The van der Waals surface area contributed by atoms with Gasteiger partial charge < -0.3 is 4.74 Å². The zero-order valence-corrected chi connectivity index (χ0v) is 9.36. The Labute approximate surface area is 86.5 Å². The summed E-state index contributed by atoms with van der Waals surface area (Å²) in [7, 11) is 3.86. The minimum atomic E-state index is 0.608. The van der Waals surface area contributed by atoms with E-state index in [0.717, 1.165) is 13.0 Å². The molecular weight excluding hydrogens is 174 g/mol. The number of hydrogen-bond donors (Lipinski definition) is 0. The SMILES string of the molecule is COCCCC(C)c1cccc[n+]1C. The van der Waals surface area contributed by atoms with Crippen molar-refractivity contribution in [3.63, 3.8) is 0 Å². The summed E-state index contributed by atoms with van der Waals surface area (Å²) in [5.74, 6) is 0.608. The average molecular weight is 194 g/mol. The lowest BCUT2D eigenvalue weighted by Gasteiger charge is -2.08. The third-order valence-electron chi connectivity index (χ3n) is 2.59. The summed E-state index contributed by atoms with van der Waals surface area (Å²) in [4.78, 5) is 0. The van der Waals surface area contributed by atoms with Crippen LogP contribution in [0.3, 0.4) is 0 Å². The molecule has 2 nitrogen and oxygen atoms in total. The molecule has 0 aliphatic carbocycles. The van der Waals surface area contributed by atoms with E-state index in [-0.39, 0.29) is 0 Å². The van der Waals surface area contributed by atoms with Crippen LogP contribution in [0.1, 0.15) is 31.4 Å². The Kier molecular flexibility index (Phi) is 4.60. The standard InChI is InChI=1S/C12H20NO/c1-11(7-6-10-14-3)12-8-4-5-9-13(12)2/h4-5,8-9,11H,6-7,10H2,1-3H3/q+1. The molecule has 0 saturated carbocycles. The van der Waals surface area contributed by atoms with Crippen LogP contribution in [0.4, 0.5) is 0 Å². The highest BCUT2D eigenvalue weighted by Gasteiger charge is 2.13. The van der Waals surface area contributed by atoms with Crippen LogP contribution in [0.25, 0.3) is 0 Å². The lowest BCUT2D eigenvalue weighted by molar-refractivity contribution is -0.680. The maximum absolute atomic E-state index is 5.05. The average Bonchev–Trinajstić information content (AvgIpc) is 2.18. The molecule has 1 aromatic rings. The first-order valence-electron chi connectivity index (χ1n) is 5.19. The van der Waals surface area contributed by atoms with Crippen LogP contribution in [0.2, 0.25) is 0 Å². The van der Waals surface area contributed by atoms with Gasteiger partial charge in [-0.3, -0.25) is 0 Å². The summed E-state index contributed by atoms with van der Waals surface area (Å²) in [6.45, 7) is 3.13. The van der Waals surface area contributed by atoms with Gasteiger partial charge in [0, 0.05) is 31.8 Å². The number of aromatic nitrogens is 1. The van der Waals surface area contributed by atoms with Gasteiger partial charge in [-0.1, -0.05) is 13.0 Å². The first-order chi connectivity index (χ1) is 6.75. The summed E-state index contributed by atoms with van der Waals surface area (Å²) < 4.78 is 7.24. The fraction of sp³-hybridized carbons (Fsp3) is 0.583. The van der Waals surface area contributed by atoms with Crippen molar-refractivity contribution in [2.75, 3.05) is 13.7 Å². The molecule has 2 heteroatoms. The minimum absolute atomic E-state index is 0.608. The van der Waals surface area contributed by atoms with Crippen LogP contribution in [0.15, 0.2) is 24.4 Å². The number of hydrogen-bond acceptors (Lipinski definition) is 1. The number of pyridine rings is 1. The molecule has 78 valence electrons. The Hall–Kier alpha value is -0.890. The minimum Gasteiger partial charge on any atom is -0.385 e. The second-order valence-electron chi connectivity index (χ2n) is 3.77. The van der Waals surface area contributed by atoms with E-state index in [1.807, 2.05) is 0 Å². The molecule has 1 atom stereocenters. The maximum Gasteiger partial charge on any atom is 0.183 e. The molecule has 1 aromatic heterocycles. The highest BCUT2D eigenvalue weighted by molar-refractivity contribution is 5.02. The fourth-order valence-electron chi connectivity index (χ4n) is 1.73. The molecule has 0 amide bonds. The molecule has 0 aliphatic heterocycles. The number of nitrogens with zero attached hydrogens (tertiary/aromatic N) is 1. The highest BCUT2D eigenvalue weighted by Crippen LogP contribution is 2.16. The van der Waals surface area contributed by atoms with Crippen molar-refractivity contribution < 1.29 is 9.30 Å². The normalized spacial score (nSPS) is 12.8. The van der Waals surface area contributed by atoms with E-state index in [0.29, 0.717) is 5.92 Å². The molecule has 1 heterocycles. The van der Waals surface area contributed by atoms with E-state index in [1.165, 1.54) is 12.1 Å².